The van der Waals surface area contributed by atoms with E-state index in [1.807, 2.05) is 0 Å². The van der Waals surface area contributed by atoms with E-state index in [-0.39, 0.29) is 6.42 Å². The van der Waals surface area contributed by atoms with E-state index in [1.54, 1.807) is 18.2 Å². The number of carbonyl (C=O) groups excluding carboxylic acids is 1. The van der Waals surface area contributed by atoms with Crippen molar-refractivity contribution in [1.82, 2.24) is 0 Å². The van der Waals surface area contributed by atoms with Crippen molar-refractivity contribution < 1.29 is 19.4 Å². The fourth-order valence-corrected chi connectivity index (χ4v) is 1.65. The van der Waals surface area contributed by atoms with Gasteiger partial charge in [-0.3, -0.25) is 4.79 Å². The molecule has 0 saturated carbocycles. The minimum Gasteiger partial charge on any atom is -0.496 e. The molecule has 1 atom stereocenters. The van der Waals surface area contributed by atoms with Crippen LogP contribution in [-0.2, 0) is 9.53 Å². The Labute approximate surface area is 98.7 Å². The molecule has 5 heteroatoms. The summed E-state index contributed by atoms with van der Waals surface area (Å²) in [5, 5.41) is 10.2. The van der Waals surface area contributed by atoms with Gasteiger partial charge < -0.3 is 14.6 Å². The molecule has 1 aromatic rings. The lowest BCUT2D eigenvalue weighted by Crippen LogP contribution is -2.09. The van der Waals surface area contributed by atoms with Crippen LogP contribution in [0.3, 0.4) is 0 Å². The number of ether oxygens (including phenoxy) is 2. The molecule has 1 unspecified atom stereocenters. The molecule has 0 aliphatic rings. The topological polar surface area (TPSA) is 55.8 Å². The molecule has 1 aromatic carbocycles. The van der Waals surface area contributed by atoms with Gasteiger partial charge in [0.05, 0.1) is 31.8 Å². The molecule has 0 aromatic heterocycles. The van der Waals surface area contributed by atoms with E-state index < -0.39 is 12.1 Å². The third-order valence-electron chi connectivity index (χ3n) is 2.15. The highest BCUT2D eigenvalue weighted by Gasteiger charge is 2.20. The molecule has 88 valence electrons. The van der Waals surface area contributed by atoms with Crippen LogP contribution in [-0.4, -0.2) is 25.3 Å². The van der Waals surface area contributed by atoms with Crippen molar-refractivity contribution in [2.45, 2.75) is 12.5 Å². The number of carbonyl (C=O) groups is 1. The highest BCUT2D eigenvalue weighted by atomic mass is 35.5. The molecule has 0 spiro atoms. The van der Waals surface area contributed by atoms with Gasteiger partial charge in [-0.15, -0.1) is 0 Å². The summed E-state index contributed by atoms with van der Waals surface area (Å²) in [7, 11) is 2.74. The SMILES string of the molecule is COC(=O)CC(O)c1c(Cl)cccc1OC. The lowest BCUT2D eigenvalue weighted by atomic mass is 10.1. The molecule has 1 N–H and O–H groups in total. The van der Waals surface area contributed by atoms with Crippen molar-refractivity contribution in [3.8, 4) is 5.75 Å². The first-order valence-corrected chi connectivity index (χ1v) is 5.05. The van der Waals surface area contributed by atoms with Gasteiger partial charge in [0.2, 0.25) is 0 Å². The Kier molecular flexibility index (Phi) is 4.58. The normalized spacial score (nSPS) is 12.0. The van der Waals surface area contributed by atoms with Gasteiger partial charge >= 0.3 is 5.97 Å². The molecule has 0 radical (unpaired) electrons. The van der Waals surface area contributed by atoms with Crippen LogP contribution in [0.2, 0.25) is 5.02 Å². The Hall–Kier alpha value is -1.26. The first-order chi connectivity index (χ1) is 7.60. The monoisotopic (exact) mass is 244 g/mol. The molecule has 1 rings (SSSR count). The van der Waals surface area contributed by atoms with Gasteiger partial charge in [0, 0.05) is 5.56 Å². The fourth-order valence-electron chi connectivity index (χ4n) is 1.36. The summed E-state index contributed by atoms with van der Waals surface area (Å²) in [6.07, 6.45) is -1.19. The lowest BCUT2D eigenvalue weighted by Gasteiger charge is -2.15. The van der Waals surface area contributed by atoms with Crippen LogP contribution in [0.25, 0.3) is 0 Å². The Balaban J connectivity index is 2.97. The van der Waals surface area contributed by atoms with Gasteiger partial charge in [-0.25, -0.2) is 0 Å². The van der Waals surface area contributed by atoms with Gasteiger partial charge in [0.15, 0.2) is 0 Å². The summed E-state index contributed by atoms with van der Waals surface area (Å²) in [6, 6.07) is 5.00. The zero-order valence-electron chi connectivity index (χ0n) is 9.07. The van der Waals surface area contributed by atoms with E-state index in [9.17, 15) is 9.90 Å². The number of hydrogen-bond acceptors (Lipinski definition) is 4. The van der Waals surface area contributed by atoms with E-state index >= 15 is 0 Å². The number of aliphatic hydroxyl groups excluding tert-OH is 1. The number of aliphatic hydroxyl groups is 1. The molecule has 0 heterocycles. The number of benzene rings is 1. The molecule has 4 nitrogen and oxygen atoms in total. The van der Waals surface area contributed by atoms with Crippen molar-refractivity contribution in [3.05, 3.63) is 28.8 Å². The van der Waals surface area contributed by atoms with E-state index in [1.165, 1.54) is 14.2 Å². The minimum absolute atomic E-state index is 0.156. The zero-order chi connectivity index (χ0) is 12.1. The van der Waals surface area contributed by atoms with Gasteiger partial charge in [-0.2, -0.15) is 0 Å². The second kappa shape index (κ2) is 5.72. The maximum Gasteiger partial charge on any atom is 0.308 e. The predicted molar refractivity (Wildman–Crippen MR) is 59.6 cm³/mol. The molecular weight excluding hydrogens is 232 g/mol. The molecule has 0 aliphatic heterocycles. The Bertz CT molecular complexity index is 378. The van der Waals surface area contributed by atoms with Crippen LogP contribution in [0.4, 0.5) is 0 Å². The fraction of sp³-hybridized carbons (Fsp3) is 0.364. The second-order valence-electron chi connectivity index (χ2n) is 3.15. The number of rotatable bonds is 4. The highest BCUT2D eigenvalue weighted by Crippen LogP contribution is 2.33. The highest BCUT2D eigenvalue weighted by molar-refractivity contribution is 6.31. The van der Waals surface area contributed by atoms with Gasteiger partial charge in [0.25, 0.3) is 0 Å². The van der Waals surface area contributed by atoms with Crippen molar-refractivity contribution >= 4 is 17.6 Å². The summed E-state index contributed by atoms with van der Waals surface area (Å²) in [5.41, 5.74) is 0.400. The summed E-state index contributed by atoms with van der Waals surface area (Å²) in [5.74, 6) is -0.0571. The second-order valence-corrected chi connectivity index (χ2v) is 3.56. The van der Waals surface area contributed by atoms with Crippen LogP contribution in [0.1, 0.15) is 18.1 Å². The summed E-state index contributed by atoms with van der Waals surface area (Å²) in [4.78, 5) is 11.0. The zero-order valence-corrected chi connectivity index (χ0v) is 9.82. The smallest absolute Gasteiger partial charge is 0.308 e. The predicted octanol–water partition coefficient (Wildman–Crippen LogP) is 1.95. The molecule has 0 saturated heterocycles. The largest absolute Gasteiger partial charge is 0.496 e. The van der Waals surface area contributed by atoms with Crippen LogP contribution < -0.4 is 4.74 Å². The van der Waals surface area contributed by atoms with Crippen LogP contribution in [0.5, 0.6) is 5.75 Å². The Morgan fingerprint density at radius 1 is 1.50 bits per heavy atom. The Morgan fingerprint density at radius 3 is 2.75 bits per heavy atom. The first kappa shape index (κ1) is 12.8. The third kappa shape index (κ3) is 2.87. The van der Waals surface area contributed by atoms with Crippen LogP contribution in [0, 0.1) is 0 Å². The maximum absolute atomic E-state index is 11.0. The van der Waals surface area contributed by atoms with Crippen molar-refractivity contribution in [1.29, 1.82) is 0 Å². The van der Waals surface area contributed by atoms with Gasteiger partial charge in [-0.1, -0.05) is 17.7 Å². The van der Waals surface area contributed by atoms with Crippen molar-refractivity contribution in [2.75, 3.05) is 14.2 Å². The maximum atomic E-state index is 11.0. The quantitative estimate of drug-likeness (QED) is 0.823. The first-order valence-electron chi connectivity index (χ1n) is 4.67. The molecule has 0 fully saturated rings. The van der Waals surface area contributed by atoms with Gasteiger partial charge in [0.1, 0.15) is 5.75 Å². The summed E-state index contributed by atoms with van der Waals surface area (Å²) < 4.78 is 9.54. The van der Waals surface area contributed by atoms with Crippen LogP contribution >= 0.6 is 11.6 Å². The average Bonchev–Trinajstić information content (AvgIpc) is 2.28. The van der Waals surface area contributed by atoms with Crippen LogP contribution in [0.15, 0.2) is 18.2 Å². The number of halogens is 1. The average molecular weight is 245 g/mol. The molecule has 0 amide bonds. The van der Waals surface area contributed by atoms with Gasteiger partial charge in [-0.05, 0) is 12.1 Å². The number of esters is 1. The van der Waals surface area contributed by atoms with E-state index in [4.69, 9.17) is 16.3 Å². The number of hydrogen-bond donors (Lipinski definition) is 1. The molecule has 0 bridgehead atoms. The van der Waals surface area contributed by atoms with Crippen molar-refractivity contribution in [2.24, 2.45) is 0 Å². The molecular formula is C11H13ClO4. The molecule has 16 heavy (non-hydrogen) atoms. The van der Waals surface area contributed by atoms with E-state index in [0.29, 0.717) is 16.3 Å². The minimum atomic E-state index is -1.03. The standard InChI is InChI=1S/C11H13ClO4/c1-15-9-5-3-4-7(12)11(9)8(13)6-10(14)16-2/h3-5,8,13H,6H2,1-2H3. The van der Waals surface area contributed by atoms with Crippen molar-refractivity contribution in [3.63, 3.8) is 0 Å². The van der Waals surface area contributed by atoms with E-state index in [0.717, 1.165) is 0 Å². The summed E-state index contributed by atoms with van der Waals surface area (Å²) in [6.45, 7) is 0. The lowest BCUT2D eigenvalue weighted by molar-refractivity contribution is -0.142. The summed E-state index contributed by atoms with van der Waals surface area (Å²) >= 11 is 5.94. The third-order valence-corrected chi connectivity index (χ3v) is 2.48. The Morgan fingerprint density at radius 2 is 2.19 bits per heavy atom. The molecule has 0 aliphatic carbocycles. The van der Waals surface area contributed by atoms with E-state index in [2.05, 4.69) is 4.74 Å². The number of methoxy groups -OCH3 is 2.